The van der Waals surface area contributed by atoms with Crippen molar-refractivity contribution in [1.29, 1.82) is 0 Å². The van der Waals surface area contributed by atoms with Crippen LogP contribution < -0.4 is 10.5 Å². The summed E-state index contributed by atoms with van der Waals surface area (Å²) >= 11 is 6.00. The molecular weight excluding hydrogens is 270 g/mol. The first-order valence-electron chi connectivity index (χ1n) is 6.72. The van der Waals surface area contributed by atoms with Crippen LogP contribution in [0.3, 0.4) is 0 Å². The number of halogens is 1. The fraction of sp³-hybridized carbons (Fsp3) is 0.294. The molecule has 0 radical (unpaired) electrons. The van der Waals surface area contributed by atoms with Crippen molar-refractivity contribution >= 4 is 11.6 Å². The summed E-state index contributed by atoms with van der Waals surface area (Å²) in [6, 6.07) is 13.7. The molecule has 3 heteroatoms. The van der Waals surface area contributed by atoms with E-state index in [0.29, 0.717) is 5.02 Å². The van der Waals surface area contributed by atoms with Crippen molar-refractivity contribution in [3.8, 4) is 5.75 Å². The Morgan fingerprint density at radius 2 is 1.70 bits per heavy atom. The van der Waals surface area contributed by atoms with Gasteiger partial charge in [-0.1, -0.05) is 47.5 Å². The Hall–Kier alpha value is -1.51. The number of ether oxygens (including phenoxy) is 1. The molecule has 0 spiro atoms. The topological polar surface area (TPSA) is 35.2 Å². The van der Waals surface area contributed by atoms with Crippen molar-refractivity contribution < 1.29 is 4.74 Å². The van der Waals surface area contributed by atoms with Crippen LogP contribution in [0.4, 0.5) is 0 Å². The molecule has 2 aromatic rings. The van der Waals surface area contributed by atoms with Gasteiger partial charge in [0.15, 0.2) is 0 Å². The normalized spacial score (nSPS) is 13.8. The summed E-state index contributed by atoms with van der Waals surface area (Å²) in [4.78, 5) is 0. The van der Waals surface area contributed by atoms with Crippen LogP contribution in [-0.2, 0) is 0 Å². The number of rotatable bonds is 4. The van der Waals surface area contributed by atoms with E-state index < -0.39 is 0 Å². The number of hydrogen-bond donors (Lipinski definition) is 1. The molecule has 2 atom stereocenters. The molecule has 0 fully saturated rings. The first-order valence-corrected chi connectivity index (χ1v) is 7.10. The lowest BCUT2D eigenvalue weighted by atomic mass is 10.0. The summed E-state index contributed by atoms with van der Waals surface area (Å²) in [5, 5.41) is 0.668. The lowest BCUT2D eigenvalue weighted by Crippen LogP contribution is -2.28. The van der Waals surface area contributed by atoms with Crippen molar-refractivity contribution in [2.75, 3.05) is 0 Å². The minimum absolute atomic E-state index is 0.130. The van der Waals surface area contributed by atoms with Crippen LogP contribution in [0.15, 0.2) is 42.5 Å². The van der Waals surface area contributed by atoms with E-state index in [2.05, 4.69) is 19.1 Å². The highest BCUT2D eigenvalue weighted by atomic mass is 35.5. The molecular formula is C17H20ClNO. The summed E-state index contributed by atoms with van der Waals surface area (Å²) in [7, 11) is 0. The molecule has 0 bridgehead atoms. The first-order chi connectivity index (χ1) is 9.47. The molecule has 0 aliphatic carbocycles. The Morgan fingerprint density at radius 1 is 1.05 bits per heavy atom. The Labute approximate surface area is 125 Å². The molecule has 2 N–H and O–H groups in total. The van der Waals surface area contributed by atoms with Crippen molar-refractivity contribution in [2.45, 2.75) is 32.9 Å². The number of nitrogens with two attached hydrogens (primary N) is 1. The molecule has 0 saturated heterocycles. The Balaban J connectivity index is 2.13. The molecule has 2 aromatic carbocycles. The zero-order valence-corrected chi connectivity index (χ0v) is 12.8. The van der Waals surface area contributed by atoms with Crippen molar-refractivity contribution in [3.05, 3.63) is 64.2 Å². The maximum Gasteiger partial charge on any atom is 0.124 e. The van der Waals surface area contributed by atoms with Crippen molar-refractivity contribution in [2.24, 2.45) is 5.73 Å². The van der Waals surface area contributed by atoms with E-state index in [0.717, 1.165) is 16.9 Å². The lowest BCUT2D eigenvalue weighted by molar-refractivity contribution is 0.189. The molecule has 2 unspecified atom stereocenters. The van der Waals surface area contributed by atoms with Gasteiger partial charge in [-0.05, 0) is 44.0 Å². The predicted molar refractivity (Wildman–Crippen MR) is 84.4 cm³/mol. The molecule has 2 rings (SSSR count). The van der Waals surface area contributed by atoms with Crippen molar-refractivity contribution in [3.63, 3.8) is 0 Å². The van der Waals surface area contributed by atoms with E-state index in [1.54, 1.807) is 0 Å². The maximum absolute atomic E-state index is 6.27. The summed E-state index contributed by atoms with van der Waals surface area (Å²) in [6.07, 6.45) is -0.130. The van der Waals surface area contributed by atoms with Gasteiger partial charge >= 0.3 is 0 Å². The van der Waals surface area contributed by atoms with Gasteiger partial charge in [0, 0.05) is 5.02 Å². The second-order valence-electron chi connectivity index (χ2n) is 5.17. The van der Waals surface area contributed by atoms with Crippen LogP contribution in [0.5, 0.6) is 5.75 Å². The zero-order chi connectivity index (χ0) is 14.7. The fourth-order valence-electron chi connectivity index (χ4n) is 2.03. The highest BCUT2D eigenvalue weighted by Gasteiger charge is 2.17. The second kappa shape index (κ2) is 6.29. The van der Waals surface area contributed by atoms with E-state index in [1.165, 1.54) is 5.56 Å². The number of hydrogen-bond acceptors (Lipinski definition) is 2. The molecule has 0 aromatic heterocycles. The number of aryl methyl sites for hydroxylation is 2. The second-order valence-corrected chi connectivity index (χ2v) is 5.61. The standard InChI is InChI=1S/C17H20ClNO/c1-11-4-7-14(8-5-11)17(19)13(3)20-16-10-15(18)9-6-12(16)2/h4-10,13,17H,19H2,1-3H3. The third-order valence-corrected chi connectivity index (χ3v) is 3.67. The average molecular weight is 290 g/mol. The molecule has 0 aliphatic rings. The van der Waals surface area contributed by atoms with Crippen LogP contribution in [0, 0.1) is 13.8 Å². The lowest BCUT2D eigenvalue weighted by Gasteiger charge is -2.23. The van der Waals surface area contributed by atoms with Gasteiger partial charge in [-0.15, -0.1) is 0 Å². The molecule has 0 heterocycles. The van der Waals surface area contributed by atoms with Crippen LogP contribution in [0.25, 0.3) is 0 Å². The quantitative estimate of drug-likeness (QED) is 0.904. The molecule has 20 heavy (non-hydrogen) atoms. The molecule has 0 amide bonds. The highest BCUT2D eigenvalue weighted by Crippen LogP contribution is 2.26. The third kappa shape index (κ3) is 3.53. The minimum Gasteiger partial charge on any atom is -0.488 e. The van der Waals surface area contributed by atoms with Gasteiger partial charge in [-0.2, -0.15) is 0 Å². The van der Waals surface area contributed by atoms with E-state index >= 15 is 0 Å². The zero-order valence-electron chi connectivity index (χ0n) is 12.1. The van der Waals surface area contributed by atoms with Gasteiger partial charge in [-0.25, -0.2) is 0 Å². The smallest absolute Gasteiger partial charge is 0.124 e. The van der Waals surface area contributed by atoms with Crippen LogP contribution in [0.1, 0.15) is 29.7 Å². The summed E-state index contributed by atoms with van der Waals surface area (Å²) < 4.78 is 5.96. The Morgan fingerprint density at radius 3 is 2.35 bits per heavy atom. The van der Waals surface area contributed by atoms with Gasteiger partial charge in [-0.3, -0.25) is 0 Å². The molecule has 0 saturated carbocycles. The number of benzene rings is 2. The van der Waals surface area contributed by atoms with Crippen LogP contribution >= 0.6 is 11.6 Å². The highest BCUT2D eigenvalue weighted by molar-refractivity contribution is 6.30. The van der Waals surface area contributed by atoms with Gasteiger partial charge in [0.1, 0.15) is 11.9 Å². The van der Waals surface area contributed by atoms with E-state index in [-0.39, 0.29) is 12.1 Å². The minimum atomic E-state index is -0.172. The fourth-order valence-corrected chi connectivity index (χ4v) is 2.20. The summed E-state index contributed by atoms with van der Waals surface area (Å²) in [5.74, 6) is 0.785. The van der Waals surface area contributed by atoms with E-state index in [1.807, 2.05) is 44.2 Å². The van der Waals surface area contributed by atoms with Crippen LogP contribution in [-0.4, -0.2) is 6.10 Å². The molecule has 0 aliphatic heterocycles. The Bertz CT molecular complexity index is 580. The van der Waals surface area contributed by atoms with E-state index in [9.17, 15) is 0 Å². The van der Waals surface area contributed by atoms with Crippen LogP contribution in [0.2, 0.25) is 5.02 Å². The third-order valence-electron chi connectivity index (χ3n) is 3.43. The maximum atomic E-state index is 6.27. The average Bonchev–Trinajstić information content (AvgIpc) is 2.43. The summed E-state index contributed by atoms with van der Waals surface area (Å²) in [6.45, 7) is 6.03. The van der Waals surface area contributed by atoms with E-state index in [4.69, 9.17) is 22.1 Å². The SMILES string of the molecule is Cc1ccc(C(N)C(C)Oc2cc(Cl)ccc2C)cc1. The van der Waals surface area contributed by atoms with Gasteiger partial charge in [0.05, 0.1) is 6.04 Å². The molecule has 106 valence electrons. The van der Waals surface area contributed by atoms with Gasteiger partial charge < -0.3 is 10.5 Å². The Kier molecular flexibility index (Phi) is 4.69. The monoisotopic (exact) mass is 289 g/mol. The van der Waals surface area contributed by atoms with Gasteiger partial charge in [0.25, 0.3) is 0 Å². The largest absolute Gasteiger partial charge is 0.488 e. The predicted octanol–water partition coefficient (Wildman–Crippen LogP) is 4.42. The first kappa shape index (κ1) is 14.9. The molecule has 2 nitrogen and oxygen atoms in total. The summed E-state index contributed by atoms with van der Waals surface area (Å²) in [5.41, 5.74) is 9.61. The van der Waals surface area contributed by atoms with Crippen molar-refractivity contribution in [1.82, 2.24) is 0 Å². The van der Waals surface area contributed by atoms with Gasteiger partial charge in [0.2, 0.25) is 0 Å².